The summed E-state index contributed by atoms with van der Waals surface area (Å²) in [5.41, 5.74) is 2.36. The summed E-state index contributed by atoms with van der Waals surface area (Å²) in [5.74, 6) is 0.799. The van der Waals surface area contributed by atoms with Gasteiger partial charge in [-0.15, -0.1) is 0 Å². The molecule has 0 fully saturated rings. The largest absolute Gasteiger partial charge is 0.494 e. The van der Waals surface area contributed by atoms with Crippen LogP contribution in [0, 0.1) is 6.92 Å². The van der Waals surface area contributed by atoms with Crippen LogP contribution in [-0.2, 0) is 4.79 Å². The summed E-state index contributed by atoms with van der Waals surface area (Å²) in [4.78, 5) is 29.0. The number of ether oxygens (including phenoxy) is 1. The molecule has 2 heterocycles. The molecule has 0 saturated heterocycles. The second-order valence-corrected chi connectivity index (χ2v) is 5.29. The third-order valence-electron chi connectivity index (χ3n) is 3.57. The zero-order chi connectivity index (χ0) is 17.3. The number of carbonyl (C=O) groups excluding carboxylic acids is 1. The Labute approximate surface area is 139 Å². The Morgan fingerprint density at radius 3 is 2.79 bits per heavy atom. The molecule has 2 aromatic rings. The van der Waals surface area contributed by atoms with Crippen LogP contribution in [0.4, 0.5) is 5.95 Å². The van der Waals surface area contributed by atoms with E-state index in [9.17, 15) is 4.79 Å². The molecule has 7 heteroatoms. The number of amides is 1. The van der Waals surface area contributed by atoms with Crippen LogP contribution in [0.1, 0.15) is 19.5 Å². The lowest BCUT2D eigenvalue weighted by Crippen LogP contribution is -2.37. The number of hydrogen-bond acceptors (Lipinski definition) is 5. The number of carbonyl (C=O) groups is 1. The van der Waals surface area contributed by atoms with Crippen molar-refractivity contribution >= 4 is 34.4 Å². The van der Waals surface area contributed by atoms with E-state index in [2.05, 4.69) is 31.8 Å². The second kappa shape index (κ2) is 6.19. The maximum atomic E-state index is 11.8. The van der Waals surface area contributed by atoms with E-state index in [1.165, 1.54) is 0 Å². The molecule has 3 rings (SSSR count). The minimum absolute atomic E-state index is 0.157. The van der Waals surface area contributed by atoms with E-state index < -0.39 is 0 Å². The van der Waals surface area contributed by atoms with Gasteiger partial charge in [-0.2, -0.15) is 4.99 Å². The fraction of sp³-hybridized carbons (Fsp3) is 0.235. The molecule has 0 atom stereocenters. The van der Waals surface area contributed by atoms with Crippen molar-refractivity contribution in [2.24, 2.45) is 9.98 Å². The predicted octanol–water partition coefficient (Wildman–Crippen LogP) is 2.47. The van der Waals surface area contributed by atoms with Gasteiger partial charge in [0.2, 0.25) is 5.96 Å². The smallest absolute Gasteiger partial charge is 0.259 e. The summed E-state index contributed by atoms with van der Waals surface area (Å²) in [5, 5.41) is 3.48. The lowest BCUT2D eigenvalue weighted by atomic mass is 10.2. The van der Waals surface area contributed by atoms with Gasteiger partial charge in [-0.1, -0.05) is 6.58 Å². The zero-order valence-electron chi connectivity index (χ0n) is 13.8. The van der Waals surface area contributed by atoms with Gasteiger partial charge in [-0.3, -0.25) is 10.1 Å². The van der Waals surface area contributed by atoms with Crippen LogP contribution in [0.2, 0.25) is 0 Å². The topological polar surface area (TPSA) is 88.8 Å². The number of guanidine groups is 1. The number of rotatable bonds is 3. The molecule has 122 valence electrons. The SMILES string of the molecule is C=C1C(=O)N/C(=N\c2nc(C)c3ccc(OCC)cc3n2)N=C1C. The van der Waals surface area contributed by atoms with Gasteiger partial charge in [0.25, 0.3) is 11.9 Å². The summed E-state index contributed by atoms with van der Waals surface area (Å²) in [6.07, 6.45) is 0. The van der Waals surface area contributed by atoms with Gasteiger partial charge in [-0.05, 0) is 32.9 Å². The molecule has 0 unspecified atom stereocenters. The highest BCUT2D eigenvalue weighted by Gasteiger charge is 2.19. The number of hydrogen-bond donors (Lipinski definition) is 1. The molecule has 1 aliphatic rings. The highest BCUT2D eigenvalue weighted by atomic mass is 16.5. The van der Waals surface area contributed by atoms with E-state index in [4.69, 9.17) is 4.74 Å². The van der Waals surface area contributed by atoms with Crippen molar-refractivity contribution in [2.45, 2.75) is 20.8 Å². The van der Waals surface area contributed by atoms with Crippen molar-refractivity contribution in [3.63, 3.8) is 0 Å². The molecule has 0 saturated carbocycles. The predicted molar refractivity (Wildman–Crippen MR) is 92.9 cm³/mol. The number of aryl methyl sites for hydroxylation is 1. The second-order valence-electron chi connectivity index (χ2n) is 5.29. The van der Waals surface area contributed by atoms with Crippen LogP contribution in [0.25, 0.3) is 10.9 Å². The fourth-order valence-corrected chi connectivity index (χ4v) is 2.30. The summed E-state index contributed by atoms with van der Waals surface area (Å²) in [6, 6.07) is 5.64. The van der Waals surface area contributed by atoms with Crippen molar-refractivity contribution in [2.75, 3.05) is 6.61 Å². The van der Waals surface area contributed by atoms with Crippen LogP contribution in [-0.4, -0.2) is 34.2 Å². The van der Waals surface area contributed by atoms with Crippen molar-refractivity contribution in [1.29, 1.82) is 0 Å². The number of benzene rings is 1. The standard InChI is InChI=1S/C17H17N5O2/c1-5-24-12-6-7-13-11(4)19-16(20-14(13)8-12)22-17-18-10(3)9(2)15(23)21-17/h6-8H,2,5H2,1,3-4H3,(H,19,20,21,22,23). The molecule has 1 aromatic carbocycles. The summed E-state index contributed by atoms with van der Waals surface area (Å²) < 4.78 is 5.50. The Morgan fingerprint density at radius 1 is 1.29 bits per heavy atom. The first-order valence-corrected chi connectivity index (χ1v) is 7.53. The van der Waals surface area contributed by atoms with Gasteiger partial charge in [0.05, 0.1) is 29.1 Å². The van der Waals surface area contributed by atoms with Crippen molar-refractivity contribution in [1.82, 2.24) is 15.3 Å². The highest BCUT2D eigenvalue weighted by molar-refractivity contribution is 6.29. The van der Waals surface area contributed by atoms with Gasteiger partial charge in [0.15, 0.2) is 0 Å². The first-order chi connectivity index (χ1) is 11.5. The Bertz CT molecular complexity index is 915. The minimum Gasteiger partial charge on any atom is -0.494 e. The Hall–Kier alpha value is -3.09. The average molecular weight is 323 g/mol. The summed E-state index contributed by atoms with van der Waals surface area (Å²) in [6.45, 7) is 9.74. The fourth-order valence-electron chi connectivity index (χ4n) is 2.30. The summed E-state index contributed by atoms with van der Waals surface area (Å²) in [7, 11) is 0. The number of nitrogens with one attached hydrogen (secondary N) is 1. The van der Waals surface area contributed by atoms with Gasteiger partial charge in [-0.25, -0.2) is 15.0 Å². The van der Waals surface area contributed by atoms with Gasteiger partial charge < -0.3 is 4.74 Å². The number of nitrogens with zero attached hydrogens (tertiary/aromatic N) is 4. The molecular weight excluding hydrogens is 306 g/mol. The molecule has 24 heavy (non-hydrogen) atoms. The maximum Gasteiger partial charge on any atom is 0.259 e. The first-order valence-electron chi connectivity index (χ1n) is 7.53. The van der Waals surface area contributed by atoms with Crippen molar-refractivity contribution < 1.29 is 9.53 Å². The van der Waals surface area contributed by atoms with E-state index >= 15 is 0 Å². The molecular formula is C17H17N5O2. The molecule has 7 nitrogen and oxygen atoms in total. The molecule has 1 N–H and O–H groups in total. The molecule has 1 aromatic heterocycles. The molecule has 0 spiro atoms. The van der Waals surface area contributed by atoms with Gasteiger partial charge in [0.1, 0.15) is 5.75 Å². The van der Waals surface area contributed by atoms with E-state index in [1.54, 1.807) is 6.92 Å². The first kappa shape index (κ1) is 15.8. The average Bonchev–Trinajstić information content (AvgIpc) is 2.52. The normalized spacial score (nSPS) is 16.3. The van der Waals surface area contributed by atoms with Crippen LogP contribution >= 0.6 is 0 Å². The van der Waals surface area contributed by atoms with E-state index in [0.29, 0.717) is 17.9 Å². The molecule has 1 aliphatic heterocycles. The number of fused-ring (bicyclic) bond motifs is 1. The third-order valence-corrected chi connectivity index (χ3v) is 3.57. The lowest BCUT2D eigenvalue weighted by molar-refractivity contribution is -0.115. The Kier molecular flexibility index (Phi) is 4.07. The van der Waals surface area contributed by atoms with Crippen LogP contribution in [0.5, 0.6) is 5.75 Å². The molecule has 1 amide bonds. The van der Waals surface area contributed by atoms with E-state index in [1.807, 2.05) is 32.0 Å². The van der Waals surface area contributed by atoms with Gasteiger partial charge >= 0.3 is 0 Å². The quantitative estimate of drug-likeness (QED) is 0.879. The maximum absolute atomic E-state index is 11.8. The molecule has 0 radical (unpaired) electrons. The van der Waals surface area contributed by atoms with Crippen LogP contribution < -0.4 is 10.1 Å². The van der Waals surface area contributed by atoms with Crippen molar-refractivity contribution in [3.05, 3.63) is 36.0 Å². The summed E-state index contributed by atoms with van der Waals surface area (Å²) >= 11 is 0. The molecule has 0 bridgehead atoms. The number of aromatic nitrogens is 2. The van der Waals surface area contributed by atoms with Gasteiger partial charge in [0, 0.05) is 11.5 Å². The number of aliphatic imine (C=N–C) groups is 2. The monoisotopic (exact) mass is 323 g/mol. The zero-order valence-corrected chi connectivity index (χ0v) is 13.8. The van der Waals surface area contributed by atoms with E-state index in [0.717, 1.165) is 22.3 Å². The molecule has 0 aliphatic carbocycles. The third kappa shape index (κ3) is 3.01. The van der Waals surface area contributed by atoms with Crippen LogP contribution in [0.15, 0.2) is 40.3 Å². The lowest BCUT2D eigenvalue weighted by Gasteiger charge is -2.13. The van der Waals surface area contributed by atoms with Crippen LogP contribution in [0.3, 0.4) is 0 Å². The van der Waals surface area contributed by atoms with Crippen molar-refractivity contribution in [3.8, 4) is 5.75 Å². The van der Waals surface area contributed by atoms with E-state index in [-0.39, 0.29) is 17.8 Å². The highest BCUT2D eigenvalue weighted by Crippen LogP contribution is 2.23. The minimum atomic E-state index is -0.322. The Balaban J connectivity index is 2.05. The Morgan fingerprint density at radius 2 is 2.08 bits per heavy atom.